The molecule has 0 rings (SSSR count). The number of hydrogen-bond acceptors (Lipinski definition) is 5. The molecule has 0 saturated heterocycles. The topological polar surface area (TPSA) is 104 Å². The van der Waals surface area contributed by atoms with Crippen LogP contribution in [0.25, 0.3) is 0 Å². The third-order valence-corrected chi connectivity index (χ3v) is 3.56. The monoisotopic (exact) mass is 257 g/mol. The number of nitrogens with one attached hydrogen (secondary N) is 1. The lowest BCUT2D eigenvalue weighted by molar-refractivity contribution is -0.134. The van der Waals surface area contributed by atoms with Crippen molar-refractivity contribution in [2.45, 2.75) is 12.5 Å². The number of carbonyl (C=O) groups is 1. The van der Waals surface area contributed by atoms with Crippen LogP contribution in [0.2, 0.25) is 0 Å². The molecule has 0 aliphatic rings. The van der Waals surface area contributed by atoms with E-state index < -0.39 is 27.3 Å². The highest BCUT2D eigenvalue weighted by molar-refractivity contribution is 7.98. The van der Waals surface area contributed by atoms with Gasteiger partial charge in [0.1, 0.15) is 0 Å². The molecular weight excluding hydrogens is 242 g/mol. The molecule has 0 aromatic heterocycles. The maximum absolute atomic E-state index is 11.1. The van der Waals surface area contributed by atoms with Crippen molar-refractivity contribution in [2.75, 3.05) is 24.3 Å². The van der Waals surface area contributed by atoms with Gasteiger partial charge in [-0.05, 0) is 13.2 Å². The lowest BCUT2D eigenvalue weighted by Crippen LogP contribution is -2.43. The highest BCUT2D eigenvalue weighted by Gasteiger charge is 2.23. The maximum Gasteiger partial charge on any atom is 0.320 e. The normalized spacial score (nSPS) is 15.9. The Morgan fingerprint density at radius 2 is 2.07 bits per heavy atom. The summed E-state index contributed by atoms with van der Waals surface area (Å²) in [5.41, 5.74) is -1.18. The van der Waals surface area contributed by atoms with Crippen molar-refractivity contribution in [3.63, 3.8) is 0 Å². The first-order valence-electron chi connectivity index (χ1n) is 4.09. The van der Waals surface area contributed by atoms with Gasteiger partial charge in [-0.25, -0.2) is 13.1 Å². The van der Waals surface area contributed by atoms with E-state index in [0.717, 1.165) is 0 Å². The van der Waals surface area contributed by atoms with Crippen LogP contribution in [0.15, 0.2) is 0 Å². The van der Waals surface area contributed by atoms with Gasteiger partial charge in [-0.3, -0.25) is 4.79 Å². The summed E-state index contributed by atoms with van der Waals surface area (Å²) >= 11 is 1.37. The predicted molar refractivity (Wildman–Crippen MR) is 58.4 cm³/mol. The minimum atomic E-state index is -3.85. The molecule has 0 aromatic rings. The summed E-state index contributed by atoms with van der Waals surface area (Å²) in [4.78, 5) is 10.2. The Morgan fingerprint density at radius 1 is 1.53 bits per heavy atom. The molecule has 3 N–H and O–H groups in total. The number of carboxylic acids is 1. The van der Waals surface area contributed by atoms with Crippen LogP contribution in [0, 0.1) is 0 Å². The molecule has 15 heavy (non-hydrogen) atoms. The lowest BCUT2D eigenvalue weighted by atomic mass is 10.1. The van der Waals surface area contributed by atoms with E-state index in [0.29, 0.717) is 5.75 Å². The standard InChI is InChI=1S/C7H15NO5S2/c1-7(11,5-14-2)4-8-15(12,13)3-6(9)10/h8,11H,3-5H2,1-2H3,(H,9,10). The Kier molecular flexibility index (Phi) is 5.57. The van der Waals surface area contributed by atoms with Crippen LogP contribution in [-0.2, 0) is 14.8 Å². The Morgan fingerprint density at radius 3 is 2.47 bits per heavy atom. The van der Waals surface area contributed by atoms with Gasteiger partial charge in [0, 0.05) is 12.3 Å². The molecule has 0 bridgehead atoms. The fourth-order valence-electron chi connectivity index (χ4n) is 0.841. The summed E-state index contributed by atoms with van der Waals surface area (Å²) in [5, 5.41) is 17.9. The fraction of sp³-hybridized carbons (Fsp3) is 0.857. The van der Waals surface area contributed by atoms with Crippen LogP contribution >= 0.6 is 11.8 Å². The van der Waals surface area contributed by atoms with E-state index in [1.807, 2.05) is 4.72 Å². The maximum atomic E-state index is 11.1. The zero-order chi connectivity index (χ0) is 12.1. The highest BCUT2D eigenvalue weighted by Crippen LogP contribution is 2.09. The van der Waals surface area contributed by atoms with Crippen LogP contribution in [0.4, 0.5) is 0 Å². The van der Waals surface area contributed by atoms with Gasteiger partial charge < -0.3 is 10.2 Å². The van der Waals surface area contributed by atoms with Crippen LogP contribution in [0.5, 0.6) is 0 Å². The van der Waals surface area contributed by atoms with E-state index >= 15 is 0 Å². The quantitative estimate of drug-likeness (QED) is 0.546. The molecule has 0 fully saturated rings. The van der Waals surface area contributed by atoms with E-state index in [9.17, 15) is 18.3 Å². The molecule has 1 unspecified atom stereocenters. The van der Waals surface area contributed by atoms with Crippen LogP contribution in [-0.4, -0.2) is 54.5 Å². The zero-order valence-corrected chi connectivity index (χ0v) is 10.2. The number of aliphatic hydroxyl groups is 1. The van der Waals surface area contributed by atoms with Gasteiger partial charge in [0.05, 0.1) is 5.60 Å². The molecule has 0 spiro atoms. The molecule has 0 aliphatic heterocycles. The smallest absolute Gasteiger partial charge is 0.320 e. The average molecular weight is 257 g/mol. The Bertz CT molecular complexity index is 311. The predicted octanol–water partition coefficient (Wildman–Crippen LogP) is -0.896. The molecule has 0 aliphatic carbocycles. The fourth-order valence-corrected chi connectivity index (χ4v) is 2.52. The van der Waals surface area contributed by atoms with Crippen LogP contribution in [0.1, 0.15) is 6.92 Å². The second-order valence-corrected chi connectivity index (χ2v) is 6.08. The van der Waals surface area contributed by atoms with E-state index in [-0.39, 0.29) is 6.54 Å². The molecule has 6 nitrogen and oxygen atoms in total. The van der Waals surface area contributed by atoms with Crippen molar-refractivity contribution in [1.29, 1.82) is 0 Å². The summed E-state index contributed by atoms with van der Waals surface area (Å²) in [6.45, 7) is 1.29. The number of hydrogen-bond donors (Lipinski definition) is 3. The van der Waals surface area contributed by atoms with Gasteiger partial charge in [0.25, 0.3) is 0 Å². The number of sulfonamides is 1. The molecule has 0 heterocycles. The van der Waals surface area contributed by atoms with Gasteiger partial charge >= 0.3 is 5.97 Å². The molecule has 0 radical (unpaired) electrons. The summed E-state index contributed by atoms with van der Waals surface area (Å²) in [6, 6.07) is 0. The SMILES string of the molecule is CSCC(C)(O)CNS(=O)(=O)CC(=O)O. The van der Waals surface area contributed by atoms with Gasteiger partial charge in [-0.1, -0.05) is 0 Å². The minimum absolute atomic E-state index is 0.191. The van der Waals surface area contributed by atoms with Crippen molar-refractivity contribution >= 4 is 27.8 Å². The third kappa shape index (κ3) is 7.60. The van der Waals surface area contributed by atoms with Crippen molar-refractivity contribution < 1.29 is 23.4 Å². The second kappa shape index (κ2) is 5.69. The van der Waals surface area contributed by atoms with Crippen molar-refractivity contribution in [1.82, 2.24) is 4.72 Å². The molecule has 0 aromatic carbocycles. The van der Waals surface area contributed by atoms with Gasteiger partial charge in [0.15, 0.2) is 5.75 Å². The molecular formula is C7H15NO5S2. The minimum Gasteiger partial charge on any atom is -0.480 e. The number of rotatable bonds is 7. The van der Waals surface area contributed by atoms with E-state index in [2.05, 4.69) is 0 Å². The molecule has 1 atom stereocenters. The summed E-state index contributed by atoms with van der Waals surface area (Å²) < 4.78 is 24.2. The van der Waals surface area contributed by atoms with Crippen LogP contribution in [0.3, 0.4) is 0 Å². The second-order valence-electron chi connectivity index (χ2n) is 3.40. The number of carboxylic acid groups (broad SMARTS) is 1. The Hall–Kier alpha value is -0.310. The molecule has 90 valence electrons. The van der Waals surface area contributed by atoms with E-state index in [4.69, 9.17) is 5.11 Å². The van der Waals surface area contributed by atoms with Gasteiger partial charge in [-0.15, -0.1) is 0 Å². The summed E-state index contributed by atoms with van der Waals surface area (Å²) in [6.07, 6.45) is 1.78. The number of thioether (sulfide) groups is 1. The van der Waals surface area contributed by atoms with Gasteiger partial charge in [-0.2, -0.15) is 11.8 Å². The van der Waals surface area contributed by atoms with Crippen LogP contribution < -0.4 is 4.72 Å². The molecule has 8 heteroatoms. The third-order valence-electron chi connectivity index (χ3n) is 1.44. The summed E-state index contributed by atoms with van der Waals surface area (Å²) in [5.74, 6) is -2.04. The largest absolute Gasteiger partial charge is 0.480 e. The average Bonchev–Trinajstić information content (AvgIpc) is 1.99. The first kappa shape index (κ1) is 14.7. The zero-order valence-electron chi connectivity index (χ0n) is 8.56. The molecule has 0 saturated carbocycles. The lowest BCUT2D eigenvalue weighted by Gasteiger charge is -2.22. The Balaban J connectivity index is 4.20. The molecule has 0 amide bonds. The van der Waals surface area contributed by atoms with E-state index in [1.165, 1.54) is 18.7 Å². The van der Waals surface area contributed by atoms with Crippen molar-refractivity contribution in [2.24, 2.45) is 0 Å². The Labute approximate surface area is 93.1 Å². The van der Waals surface area contributed by atoms with Crippen molar-refractivity contribution in [3.05, 3.63) is 0 Å². The number of aliphatic carboxylic acids is 1. The van der Waals surface area contributed by atoms with Gasteiger partial charge in [0.2, 0.25) is 10.0 Å². The first-order chi connectivity index (χ1) is 6.68. The highest BCUT2D eigenvalue weighted by atomic mass is 32.2. The summed E-state index contributed by atoms with van der Waals surface area (Å²) in [7, 11) is -3.85. The first-order valence-corrected chi connectivity index (χ1v) is 7.13. The van der Waals surface area contributed by atoms with Crippen molar-refractivity contribution in [3.8, 4) is 0 Å². The van der Waals surface area contributed by atoms with E-state index in [1.54, 1.807) is 6.26 Å².